The van der Waals surface area contributed by atoms with Gasteiger partial charge in [-0.15, -0.1) is 0 Å². The van der Waals surface area contributed by atoms with Gasteiger partial charge in [0.2, 0.25) is 5.91 Å². The van der Waals surface area contributed by atoms with Crippen LogP contribution in [0.2, 0.25) is 0 Å². The molecule has 150 valence electrons. The highest BCUT2D eigenvalue weighted by Gasteiger charge is 2.22. The Morgan fingerprint density at radius 2 is 1.90 bits per heavy atom. The van der Waals surface area contributed by atoms with Gasteiger partial charge in [0.05, 0.1) is 11.5 Å². The number of hydrogen-bond donors (Lipinski definition) is 1. The van der Waals surface area contributed by atoms with E-state index in [4.69, 9.17) is 9.47 Å². The summed E-state index contributed by atoms with van der Waals surface area (Å²) < 4.78 is 11.7. The molecule has 0 spiro atoms. The fraction of sp³-hybridized carbons (Fsp3) is 0.227. The number of amides is 2. The van der Waals surface area contributed by atoms with Gasteiger partial charge in [-0.2, -0.15) is 4.99 Å². The summed E-state index contributed by atoms with van der Waals surface area (Å²) in [6.45, 7) is 6.24. The van der Waals surface area contributed by atoms with Gasteiger partial charge in [0.1, 0.15) is 6.61 Å². The van der Waals surface area contributed by atoms with Crippen LogP contribution < -0.4 is 14.8 Å². The quantitative estimate of drug-likeness (QED) is 0.726. The zero-order chi connectivity index (χ0) is 20.8. The SMILES string of the molecule is CCOc1cc(/C=C2\SC(NC(C)=O)=NC2=O)ccc1OCc1ccc(C)cc1. The minimum absolute atomic E-state index is 0.265. The molecule has 0 atom stereocenters. The molecule has 0 fully saturated rings. The van der Waals surface area contributed by atoms with Crippen LogP contribution in [-0.4, -0.2) is 23.6 Å². The first kappa shape index (κ1) is 20.7. The van der Waals surface area contributed by atoms with Crippen molar-refractivity contribution in [3.05, 3.63) is 64.1 Å². The maximum Gasteiger partial charge on any atom is 0.286 e. The zero-order valence-electron chi connectivity index (χ0n) is 16.5. The van der Waals surface area contributed by atoms with E-state index in [2.05, 4.69) is 10.3 Å². The van der Waals surface area contributed by atoms with Crippen LogP contribution in [0, 0.1) is 6.92 Å². The Labute approximate surface area is 174 Å². The maximum absolute atomic E-state index is 12.0. The highest BCUT2D eigenvalue weighted by Crippen LogP contribution is 2.32. The van der Waals surface area contributed by atoms with E-state index < -0.39 is 0 Å². The molecular formula is C22H22N2O4S. The minimum Gasteiger partial charge on any atom is -0.490 e. The molecular weight excluding hydrogens is 388 g/mol. The van der Waals surface area contributed by atoms with Gasteiger partial charge in [-0.25, -0.2) is 0 Å². The Morgan fingerprint density at radius 3 is 2.59 bits per heavy atom. The average Bonchev–Trinajstić information content (AvgIpc) is 3.01. The van der Waals surface area contributed by atoms with Crippen molar-refractivity contribution in [3.8, 4) is 11.5 Å². The monoisotopic (exact) mass is 410 g/mol. The lowest BCUT2D eigenvalue weighted by atomic mass is 10.1. The second-order valence-corrected chi connectivity index (χ2v) is 7.46. The summed E-state index contributed by atoms with van der Waals surface area (Å²) in [7, 11) is 0. The third-order valence-corrected chi connectivity index (χ3v) is 4.88. The van der Waals surface area contributed by atoms with Crippen LogP contribution in [0.15, 0.2) is 52.4 Å². The Kier molecular flexibility index (Phi) is 6.72. The van der Waals surface area contributed by atoms with E-state index in [0.717, 1.165) is 22.9 Å². The first-order valence-corrected chi connectivity index (χ1v) is 10.0. The number of amidine groups is 1. The zero-order valence-corrected chi connectivity index (χ0v) is 17.3. The van der Waals surface area contributed by atoms with E-state index in [1.54, 1.807) is 6.08 Å². The molecule has 2 amide bonds. The van der Waals surface area contributed by atoms with E-state index in [0.29, 0.717) is 29.6 Å². The smallest absolute Gasteiger partial charge is 0.286 e. The summed E-state index contributed by atoms with van der Waals surface area (Å²) >= 11 is 1.13. The summed E-state index contributed by atoms with van der Waals surface area (Å²) in [5.41, 5.74) is 3.05. The Balaban J connectivity index is 1.74. The third-order valence-electron chi connectivity index (χ3n) is 3.98. The van der Waals surface area contributed by atoms with Gasteiger partial charge >= 0.3 is 0 Å². The van der Waals surface area contributed by atoms with E-state index >= 15 is 0 Å². The van der Waals surface area contributed by atoms with Crippen molar-refractivity contribution >= 4 is 34.8 Å². The van der Waals surface area contributed by atoms with Crippen molar-refractivity contribution in [1.82, 2.24) is 5.32 Å². The van der Waals surface area contributed by atoms with E-state index in [1.807, 2.05) is 56.3 Å². The molecule has 1 heterocycles. The first-order valence-electron chi connectivity index (χ1n) is 9.20. The van der Waals surface area contributed by atoms with E-state index in [9.17, 15) is 9.59 Å². The molecule has 0 unspecified atom stereocenters. The molecule has 29 heavy (non-hydrogen) atoms. The minimum atomic E-state index is -0.378. The number of aryl methyl sites for hydroxylation is 1. The molecule has 2 aromatic carbocycles. The molecule has 0 saturated heterocycles. The second-order valence-electron chi connectivity index (χ2n) is 6.43. The first-order chi connectivity index (χ1) is 13.9. The number of nitrogens with one attached hydrogen (secondary N) is 1. The van der Waals surface area contributed by atoms with Gasteiger partial charge < -0.3 is 14.8 Å². The number of nitrogens with zero attached hydrogens (tertiary/aromatic N) is 1. The average molecular weight is 410 g/mol. The van der Waals surface area contributed by atoms with Crippen molar-refractivity contribution in [2.45, 2.75) is 27.4 Å². The largest absolute Gasteiger partial charge is 0.490 e. The molecule has 0 saturated carbocycles. The lowest BCUT2D eigenvalue weighted by Crippen LogP contribution is -2.23. The van der Waals surface area contributed by atoms with Gasteiger partial charge in [0, 0.05) is 6.92 Å². The summed E-state index contributed by atoms with van der Waals surface area (Å²) in [5.74, 6) is 0.595. The molecule has 7 heteroatoms. The molecule has 6 nitrogen and oxygen atoms in total. The molecule has 0 aliphatic carbocycles. The van der Waals surface area contributed by atoms with Gasteiger partial charge in [-0.1, -0.05) is 35.9 Å². The Morgan fingerprint density at radius 1 is 1.14 bits per heavy atom. The molecule has 2 aromatic rings. The lowest BCUT2D eigenvalue weighted by Gasteiger charge is -2.13. The van der Waals surface area contributed by atoms with Gasteiger partial charge in [0.15, 0.2) is 16.7 Å². The van der Waals surface area contributed by atoms with Crippen LogP contribution >= 0.6 is 11.8 Å². The van der Waals surface area contributed by atoms with Crippen molar-refractivity contribution in [1.29, 1.82) is 0 Å². The number of benzene rings is 2. The van der Waals surface area contributed by atoms with Crippen LogP contribution in [0.3, 0.4) is 0 Å². The summed E-state index contributed by atoms with van der Waals surface area (Å²) in [6, 6.07) is 13.7. The highest BCUT2D eigenvalue weighted by atomic mass is 32.2. The predicted molar refractivity (Wildman–Crippen MR) is 115 cm³/mol. The Hall–Kier alpha value is -3.06. The fourth-order valence-corrected chi connectivity index (χ4v) is 3.47. The normalized spacial score (nSPS) is 14.7. The van der Waals surface area contributed by atoms with Crippen LogP contribution in [0.4, 0.5) is 0 Å². The molecule has 1 aliphatic heterocycles. The second kappa shape index (κ2) is 9.43. The highest BCUT2D eigenvalue weighted by molar-refractivity contribution is 8.18. The fourth-order valence-electron chi connectivity index (χ4n) is 2.61. The predicted octanol–water partition coefficient (Wildman–Crippen LogP) is 4.08. The molecule has 1 aliphatic rings. The number of carbonyl (C=O) groups excluding carboxylic acids is 2. The number of carbonyl (C=O) groups is 2. The maximum atomic E-state index is 12.0. The number of aliphatic imine (C=N–C) groups is 1. The summed E-state index contributed by atoms with van der Waals surface area (Å²) in [4.78, 5) is 27.5. The van der Waals surface area contributed by atoms with Gasteiger partial charge in [-0.3, -0.25) is 9.59 Å². The summed E-state index contributed by atoms with van der Waals surface area (Å²) in [6.07, 6.45) is 1.72. The van der Waals surface area contributed by atoms with Crippen molar-refractivity contribution in [2.24, 2.45) is 4.99 Å². The third kappa shape index (κ3) is 5.71. The van der Waals surface area contributed by atoms with Crippen LogP contribution in [-0.2, 0) is 16.2 Å². The van der Waals surface area contributed by atoms with Crippen molar-refractivity contribution in [3.63, 3.8) is 0 Å². The van der Waals surface area contributed by atoms with Gasteiger partial charge in [-0.05, 0) is 54.9 Å². The molecule has 3 rings (SSSR count). The van der Waals surface area contributed by atoms with Crippen LogP contribution in [0.25, 0.3) is 6.08 Å². The lowest BCUT2D eigenvalue weighted by molar-refractivity contribution is -0.117. The standard InChI is InChI=1S/C22H22N2O4S/c1-4-27-19-11-17(12-20-21(26)24-22(29-20)23-15(3)25)9-10-18(19)28-13-16-7-5-14(2)6-8-16/h5-12H,4,13H2,1-3H3,(H,23,24,25,26)/b20-12-. The molecule has 0 radical (unpaired) electrons. The van der Waals surface area contributed by atoms with E-state index in [-0.39, 0.29) is 17.0 Å². The molecule has 0 aromatic heterocycles. The Bertz CT molecular complexity index is 981. The van der Waals surface area contributed by atoms with E-state index in [1.165, 1.54) is 12.5 Å². The summed E-state index contributed by atoms with van der Waals surface area (Å²) in [5, 5.41) is 2.82. The number of hydrogen-bond acceptors (Lipinski definition) is 5. The topological polar surface area (TPSA) is 77.0 Å². The van der Waals surface area contributed by atoms with Crippen LogP contribution in [0.1, 0.15) is 30.5 Å². The van der Waals surface area contributed by atoms with Crippen molar-refractivity contribution in [2.75, 3.05) is 6.61 Å². The molecule has 0 bridgehead atoms. The molecule has 1 N–H and O–H groups in total. The number of thioether (sulfide) groups is 1. The number of ether oxygens (including phenoxy) is 2. The van der Waals surface area contributed by atoms with Gasteiger partial charge in [0.25, 0.3) is 5.91 Å². The number of rotatable bonds is 6. The van der Waals surface area contributed by atoms with Crippen LogP contribution in [0.5, 0.6) is 11.5 Å². The van der Waals surface area contributed by atoms with Crippen molar-refractivity contribution < 1.29 is 19.1 Å².